The Kier molecular flexibility index (Phi) is 3.62. The molecule has 3 heteroatoms. The van der Waals surface area contributed by atoms with E-state index in [2.05, 4.69) is 20.8 Å². The number of phenols is 1. The molecule has 98 valence electrons. The highest BCUT2D eigenvalue weighted by molar-refractivity contribution is 9.10. The molecule has 2 unspecified atom stereocenters. The summed E-state index contributed by atoms with van der Waals surface area (Å²) in [6, 6.07) is 5.72. The van der Waals surface area contributed by atoms with Crippen LogP contribution in [0, 0.1) is 11.8 Å². The van der Waals surface area contributed by atoms with Gasteiger partial charge in [0.15, 0.2) is 0 Å². The molecule has 3 rings (SSSR count). The second kappa shape index (κ2) is 5.22. The SMILES string of the molecule is Oc1ccc(Br)cc1CN1CC2CCCC(C2)C1. The van der Waals surface area contributed by atoms with Gasteiger partial charge in [-0.15, -0.1) is 0 Å². The number of hydrogen-bond donors (Lipinski definition) is 1. The van der Waals surface area contributed by atoms with Crippen molar-refractivity contribution in [2.75, 3.05) is 13.1 Å². The molecular formula is C15H20BrNO. The van der Waals surface area contributed by atoms with Gasteiger partial charge in [0.1, 0.15) is 5.75 Å². The Balaban J connectivity index is 1.70. The van der Waals surface area contributed by atoms with Crippen molar-refractivity contribution in [2.24, 2.45) is 11.8 Å². The van der Waals surface area contributed by atoms with E-state index < -0.39 is 0 Å². The van der Waals surface area contributed by atoms with Crippen molar-refractivity contribution >= 4 is 15.9 Å². The Hall–Kier alpha value is -0.540. The molecule has 0 spiro atoms. The Bertz CT molecular complexity index is 423. The molecule has 2 nitrogen and oxygen atoms in total. The smallest absolute Gasteiger partial charge is 0.120 e. The number of hydrogen-bond acceptors (Lipinski definition) is 2. The molecule has 2 aliphatic rings. The zero-order valence-electron chi connectivity index (χ0n) is 10.6. The highest BCUT2D eigenvalue weighted by Crippen LogP contribution is 2.35. The largest absolute Gasteiger partial charge is 0.508 e. The van der Waals surface area contributed by atoms with E-state index in [4.69, 9.17) is 0 Å². The van der Waals surface area contributed by atoms with Gasteiger partial charge in [-0.25, -0.2) is 0 Å². The monoisotopic (exact) mass is 309 g/mol. The van der Waals surface area contributed by atoms with Gasteiger partial charge in [0.05, 0.1) is 0 Å². The molecule has 2 bridgehead atoms. The average molecular weight is 310 g/mol. The Morgan fingerprint density at radius 1 is 1.22 bits per heavy atom. The Labute approximate surface area is 117 Å². The summed E-state index contributed by atoms with van der Waals surface area (Å²) in [6.07, 6.45) is 5.65. The highest BCUT2D eigenvalue weighted by Gasteiger charge is 2.30. The first-order valence-corrected chi connectivity index (χ1v) is 7.70. The van der Waals surface area contributed by atoms with Crippen LogP contribution in [0.3, 0.4) is 0 Å². The second-order valence-corrected chi connectivity index (χ2v) is 6.78. The van der Waals surface area contributed by atoms with Crippen molar-refractivity contribution in [1.29, 1.82) is 0 Å². The van der Waals surface area contributed by atoms with Crippen molar-refractivity contribution in [2.45, 2.75) is 32.2 Å². The maximum absolute atomic E-state index is 9.92. The zero-order chi connectivity index (χ0) is 12.5. The third kappa shape index (κ3) is 2.72. The van der Waals surface area contributed by atoms with E-state index in [1.165, 1.54) is 38.8 Å². The third-order valence-corrected chi connectivity index (χ3v) is 4.85. The van der Waals surface area contributed by atoms with Crippen LogP contribution in [0.15, 0.2) is 22.7 Å². The van der Waals surface area contributed by atoms with Crippen LogP contribution in [0.1, 0.15) is 31.2 Å². The van der Waals surface area contributed by atoms with Gasteiger partial charge in [-0.05, 0) is 49.3 Å². The van der Waals surface area contributed by atoms with Crippen LogP contribution in [0.4, 0.5) is 0 Å². The molecule has 1 saturated carbocycles. The number of benzene rings is 1. The number of rotatable bonds is 2. The van der Waals surface area contributed by atoms with E-state index in [1.807, 2.05) is 12.1 Å². The summed E-state index contributed by atoms with van der Waals surface area (Å²) in [5.74, 6) is 2.22. The average Bonchev–Trinajstić information content (AvgIpc) is 2.33. The molecule has 2 atom stereocenters. The van der Waals surface area contributed by atoms with Crippen LogP contribution in [0.5, 0.6) is 5.75 Å². The maximum atomic E-state index is 9.92. The first kappa shape index (κ1) is 12.5. The van der Waals surface area contributed by atoms with Crippen LogP contribution in [-0.2, 0) is 6.54 Å². The third-order valence-electron chi connectivity index (χ3n) is 4.36. The van der Waals surface area contributed by atoms with Gasteiger partial charge in [0.25, 0.3) is 0 Å². The predicted octanol–water partition coefficient (Wildman–Crippen LogP) is 3.78. The lowest BCUT2D eigenvalue weighted by molar-refractivity contribution is 0.0802. The molecule has 1 aliphatic heterocycles. The van der Waals surface area contributed by atoms with Crippen molar-refractivity contribution < 1.29 is 5.11 Å². The number of aromatic hydroxyl groups is 1. The standard InChI is InChI=1S/C15H20BrNO/c16-14-4-5-15(18)13(7-14)10-17-8-11-2-1-3-12(6-11)9-17/h4-5,7,11-12,18H,1-3,6,8-10H2. The van der Waals surface area contributed by atoms with Gasteiger partial charge >= 0.3 is 0 Å². The van der Waals surface area contributed by atoms with Gasteiger partial charge < -0.3 is 5.11 Å². The highest BCUT2D eigenvalue weighted by atomic mass is 79.9. The summed E-state index contributed by atoms with van der Waals surface area (Å²) in [4.78, 5) is 2.53. The quantitative estimate of drug-likeness (QED) is 0.898. The number of phenolic OH excluding ortho intramolecular Hbond substituents is 1. The van der Waals surface area contributed by atoms with E-state index in [0.717, 1.165) is 28.4 Å². The van der Waals surface area contributed by atoms with E-state index in [9.17, 15) is 5.11 Å². The lowest BCUT2D eigenvalue weighted by Crippen LogP contribution is -2.42. The normalized spacial score (nSPS) is 28.3. The molecule has 0 radical (unpaired) electrons. The van der Waals surface area contributed by atoms with Gasteiger partial charge in [-0.1, -0.05) is 22.4 Å². The maximum Gasteiger partial charge on any atom is 0.120 e. The fraction of sp³-hybridized carbons (Fsp3) is 0.600. The number of piperidine rings is 1. The first-order chi connectivity index (χ1) is 8.70. The van der Waals surface area contributed by atoms with Crippen molar-refractivity contribution in [1.82, 2.24) is 4.90 Å². The van der Waals surface area contributed by atoms with Gasteiger partial charge in [0, 0.05) is 29.7 Å². The summed E-state index contributed by atoms with van der Waals surface area (Å²) in [6.45, 7) is 3.31. The summed E-state index contributed by atoms with van der Waals surface area (Å²) >= 11 is 3.48. The molecule has 1 aliphatic carbocycles. The van der Waals surface area contributed by atoms with Gasteiger partial charge in [-0.2, -0.15) is 0 Å². The second-order valence-electron chi connectivity index (χ2n) is 5.87. The predicted molar refractivity (Wildman–Crippen MR) is 76.5 cm³/mol. The van der Waals surface area contributed by atoms with Crippen LogP contribution in [0.2, 0.25) is 0 Å². The topological polar surface area (TPSA) is 23.5 Å². The van der Waals surface area contributed by atoms with Crippen molar-refractivity contribution in [3.05, 3.63) is 28.2 Å². The molecule has 1 N–H and O–H groups in total. The number of halogens is 1. The molecule has 2 fully saturated rings. The Morgan fingerprint density at radius 2 is 1.94 bits per heavy atom. The fourth-order valence-electron chi connectivity index (χ4n) is 3.59. The van der Waals surface area contributed by atoms with Gasteiger partial charge in [-0.3, -0.25) is 4.90 Å². The molecule has 1 saturated heterocycles. The molecule has 0 aromatic heterocycles. The minimum absolute atomic E-state index is 0.425. The van der Waals surface area contributed by atoms with E-state index in [1.54, 1.807) is 6.07 Å². The van der Waals surface area contributed by atoms with Gasteiger partial charge in [0.2, 0.25) is 0 Å². The number of likely N-dealkylation sites (tertiary alicyclic amines) is 1. The summed E-state index contributed by atoms with van der Waals surface area (Å²) in [7, 11) is 0. The molecular weight excluding hydrogens is 290 g/mol. The fourth-order valence-corrected chi connectivity index (χ4v) is 4.00. The number of nitrogens with zero attached hydrogens (tertiary/aromatic N) is 1. The lowest BCUT2D eigenvalue weighted by atomic mass is 9.78. The molecule has 1 aromatic rings. The molecule has 18 heavy (non-hydrogen) atoms. The summed E-state index contributed by atoms with van der Waals surface area (Å²) in [5.41, 5.74) is 1.05. The Morgan fingerprint density at radius 3 is 2.67 bits per heavy atom. The van der Waals surface area contributed by atoms with Crippen molar-refractivity contribution in [3.8, 4) is 5.75 Å². The molecule has 0 amide bonds. The molecule has 1 aromatic carbocycles. The van der Waals surface area contributed by atoms with E-state index >= 15 is 0 Å². The minimum Gasteiger partial charge on any atom is -0.508 e. The number of fused-ring (bicyclic) bond motifs is 2. The summed E-state index contributed by atoms with van der Waals surface area (Å²) in [5, 5.41) is 9.92. The first-order valence-electron chi connectivity index (χ1n) is 6.90. The summed E-state index contributed by atoms with van der Waals surface area (Å²) < 4.78 is 1.05. The van der Waals surface area contributed by atoms with E-state index in [0.29, 0.717) is 5.75 Å². The van der Waals surface area contributed by atoms with Crippen LogP contribution >= 0.6 is 15.9 Å². The van der Waals surface area contributed by atoms with Crippen LogP contribution in [-0.4, -0.2) is 23.1 Å². The van der Waals surface area contributed by atoms with Crippen LogP contribution in [0.25, 0.3) is 0 Å². The van der Waals surface area contributed by atoms with Crippen LogP contribution < -0.4 is 0 Å². The minimum atomic E-state index is 0.425. The van der Waals surface area contributed by atoms with E-state index in [-0.39, 0.29) is 0 Å². The zero-order valence-corrected chi connectivity index (χ0v) is 12.2. The lowest BCUT2D eigenvalue weighted by Gasteiger charge is -2.41. The van der Waals surface area contributed by atoms with Crippen molar-refractivity contribution in [3.63, 3.8) is 0 Å². The molecule has 1 heterocycles.